The molecule has 0 amide bonds. The SMILES string of the molecule is Cc1ccc(NCCN2CCCC2)cc1C. The fraction of sp³-hybridized carbons (Fsp3) is 0.571. The van der Waals surface area contributed by atoms with Gasteiger partial charge in [-0.05, 0) is 63.0 Å². The fourth-order valence-corrected chi connectivity index (χ4v) is 2.22. The molecule has 0 aromatic heterocycles. The summed E-state index contributed by atoms with van der Waals surface area (Å²) in [6.45, 7) is 9.13. The predicted octanol–water partition coefficient (Wildman–Crippen LogP) is 2.81. The summed E-state index contributed by atoms with van der Waals surface area (Å²) < 4.78 is 0. The Labute approximate surface area is 98.7 Å². The molecule has 1 heterocycles. The molecule has 2 heteroatoms. The Morgan fingerprint density at radius 2 is 1.88 bits per heavy atom. The first kappa shape index (κ1) is 11.5. The zero-order valence-corrected chi connectivity index (χ0v) is 10.4. The summed E-state index contributed by atoms with van der Waals surface area (Å²) in [5, 5.41) is 3.50. The molecule has 1 aromatic carbocycles. The molecule has 1 aromatic rings. The second-order valence-corrected chi connectivity index (χ2v) is 4.77. The van der Waals surface area contributed by atoms with Gasteiger partial charge >= 0.3 is 0 Å². The van der Waals surface area contributed by atoms with E-state index in [9.17, 15) is 0 Å². The topological polar surface area (TPSA) is 15.3 Å². The van der Waals surface area contributed by atoms with E-state index in [1.54, 1.807) is 0 Å². The molecule has 0 aliphatic carbocycles. The number of anilines is 1. The van der Waals surface area contributed by atoms with Crippen molar-refractivity contribution in [3.63, 3.8) is 0 Å². The maximum absolute atomic E-state index is 3.50. The van der Waals surface area contributed by atoms with Crippen LogP contribution in [0.4, 0.5) is 5.69 Å². The lowest BCUT2D eigenvalue weighted by Gasteiger charge is -2.15. The van der Waals surface area contributed by atoms with Gasteiger partial charge in [-0.1, -0.05) is 6.07 Å². The maximum Gasteiger partial charge on any atom is 0.0343 e. The second-order valence-electron chi connectivity index (χ2n) is 4.77. The first-order valence-electron chi connectivity index (χ1n) is 6.29. The standard InChI is InChI=1S/C14H22N2/c1-12-5-6-14(11-13(12)2)15-7-10-16-8-3-4-9-16/h5-6,11,15H,3-4,7-10H2,1-2H3. The number of hydrogen-bond acceptors (Lipinski definition) is 2. The normalized spacial score (nSPS) is 16.6. The minimum absolute atomic E-state index is 1.06. The van der Waals surface area contributed by atoms with Crippen LogP contribution in [0.25, 0.3) is 0 Å². The van der Waals surface area contributed by atoms with E-state index in [0.717, 1.165) is 6.54 Å². The number of aryl methyl sites for hydroxylation is 2. The highest BCUT2D eigenvalue weighted by atomic mass is 15.1. The average Bonchev–Trinajstić information content (AvgIpc) is 2.76. The van der Waals surface area contributed by atoms with Crippen LogP contribution < -0.4 is 5.32 Å². The summed E-state index contributed by atoms with van der Waals surface area (Å²) in [5.41, 5.74) is 3.98. The molecule has 0 spiro atoms. The van der Waals surface area contributed by atoms with E-state index in [2.05, 4.69) is 42.3 Å². The first-order chi connectivity index (χ1) is 7.75. The van der Waals surface area contributed by atoms with Crippen LogP contribution >= 0.6 is 0 Å². The van der Waals surface area contributed by atoms with Gasteiger partial charge in [-0.2, -0.15) is 0 Å². The van der Waals surface area contributed by atoms with E-state index in [0.29, 0.717) is 0 Å². The Hall–Kier alpha value is -1.02. The zero-order chi connectivity index (χ0) is 11.4. The third-order valence-corrected chi connectivity index (χ3v) is 3.46. The smallest absolute Gasteiger partial charge is 0.0343 e. The summed E-state index contributed by atoms with van der Waals surface area (Å²) in [7, 11) is 0. The average molecular weight is 218 g/mol. The van der Waals surface area contributed by atoms with E-state index < -0.39 is 0 Å². The summed E-state index contributed by atoms with van der Waals surface area (Å²) in [6.07, 6.45) is 2.76. The van der Waals surface area contributed by atoms with Gasteiger partial charge < -0.3 is 10.2 Å². The van der Waals surface area contributed by atoms with E-state index in [-0.39, 0.29) is 0 Å². The molecule has 1 fully saturated rings. The van der Waals surface area contributed by atoms with Crippen LogP contribution in [0.1, 0.15) is 24.0 Å². The van der Waals surface area contributed by atoms with Gasteiger partial charge in [0.25, 0.3) is 0 Å². The fourth-order valence-electron chi connectivity index (χ4n) is 2.22. The largest absolute Gasteiger partial charge is 0.384 e. The van der Waals surface area contributed by atoms with Gasteiger partial charge in [0, 0.05) is 18.8 Å². The van der Waals surface area contributed by atoms with Gasteiger partial charge in [0.15, 0.2) is 0 Å². The predicted molar refractivity (Wildman–Crippen MR) is 70.1 cm³/mol. The number of benzene rings is 1. The lowest BCUT2D eigenvalue weighted by Crippen LogP contribution is -2.25. The van der Waals surface area contributed by atoms with Crippen LogP contribution in [0.2, 0.25) is 0 Å². The highest BCUT2D eigenvalue weighted by Crippen LogP contribution is 2.14. The number of likely N-dealkylation sites (tertiary alicyclic amines) is 1. The van der Waals surface area contributed by atoms with Crippen molar-refractivity contribution in [3.05, 3.63) is 29.3 Å². The van der Waals surface area contributed by atoms with Crippen LogP contribution in [-0.2, 0) is 0 Å². The Kier molecular flexibility index (Phi) is 3.83. The lowest BCUT2D eigenvalue weighted by molar-refractivity contribution is 0.352. The van der Waals surface area contributed by atoms with Crippen molar-refractivity contribution in [2.75, 3.05) is 31.5 Å². The summed E-state index contributed by atoms with van der Waals surface area (Å²) in [6, 6.07) is 6.60. The van der Waals surface area contributed by atoms with Gasteiger partial charge in [-0.25, -0.2) is 0 Å². The zero-order valence-electron chi connectivity index (χ0n) is 10.4. The highest BCUT2D eigenvalue weighted by molar-refractivity contribution is 5.48. The molecule has 1 saturated heterocycles. The van der Waals surface area contributed by atoms with E-state index in [4.69, 9.17) is 0 Å². The number of nitrogens with zero attached hydrogens (tertiary/aromatic N) is 1. The number of rotatable bonds is 4. The highest BCUT2D eigenvalue weighted by Gasteiger charge is 2.09. The lowest BCUT2D eigenvalue weighted by atomic mass is 10.1. The van der Waals surface area contributed by atoms with Gasteiger partial charge in [-0.3, -0.25) is 0 Å². The second kappa shape index (κ2) is 5.35. The van der Waals surface area contributed by atoms with Crippen molar-refractivity contribution in [1.82, 2.24) is 4.90 Å². The first-order valence-corrected chi connectivity index (χ1v) is 6.29. The summed E-state index contributed by atoms with van der Waals surface area (Å²) >= 11 is 0. The van der Waals surface area contributed by atoms with Crippen molar-refractivity contribution in [2.45, 2.75) is 26.7 Å². The van der Waals surface area contributed by atoms with Crippen molar-refractivity contribution in [1.29, 1.82) is 0 Å². The third-order valence-electron chi connectivity index (χ3n) is 3.46. The van der Waals surface area contributed by atoms with E-state index in [1.165, 1.54) is 49.3 Å². The van der Waals surface area contributed by atoms with Crippen LogP contribution in [-0.4, -0.2) is 31.1 Å². The quantitative estimate of drug-likeness (QED) is 0.836. The van der Waals surface area contributed by atoms with Gasteiger partial charge in [0.1, 0.15) is 0 Å². The molecule has 1 aliphatic heterocycles. The van der Waals surface area contributed by atoms with Crippen LogP contribution in [0.5, 0.6) is 0 Å². The van der Waals surface area contributed by atoms with Gasteiger partial charge in [-0.15, -0.1) is 0 Å². The Morgan fingerprint density at radius 1 is 1.12 bits per heavy atom. The molecule has 1 aliphatic rings. The number of hydrogen-bond donors (Lipinski definition) is 1. The van der Waals surface area contributed by atoms with Crippen LogP contribution in [0.15, 0.2) is 18.2 Å². The van der Waals surface area contributed by atoms with Gasteiger partial charge in [0.05, 0.1) is 0 Å². The molecular formula is C14H22N2. The van der Waals surface area contributed by atoms with Crippen molar-refractivity contribution in [3.8, 4) is 0 Å². The van der Waals surface area contributed by atoms with Crippen molar-refractivity contribution < 1.29 is 0 Å². The Morgan fingerprint density at radius 3 is 2.56 bits per heavy atom. The minimum Gasteiger partial charge on any atom is -0.384 e. The molecule has 0 saturated carbocycles. The molecule has 0 radical (unpaired) electrons. The monoisotopic (exact) mass is 218 g/mol. The molecule has 0 unspecified atom stereocenters. The Balaban J connectivity index is 1.78. The maximum atomic E-state index is 3.50. The molecule has 88 valence electrons. The minimum atomic E-state index is 1.06. The van der Waals surface area contributed by atoms with Gasteiger partial charge in [0.2, 0.25) is 0 Å². The molecule has 16 heavy (non-hydrogen) atoms. The molecule has 0 bridgehead atoms. The van der Waals surface area contributed by atoms with Crippen LogP contribution in [0, 0.1) is 13.8 Å². The molecule has 2 rings (SSSR count). The molecular weight excluding hydrogens is 196 g/mol. The van der Waals surface area contributed by atoms with Crippen molar-refractivity contribution >= 4 is 5.69 Å². The molecule has 0 atom stereocenters. The number of nitrogens with one attached hydrogen (secondary N) is 1. The van der Waals surface area contributed by atoms with E-state index in [1.807, 2.05) is 0 Å². The molecule has 2 nitrogen and oxygen atoms in total. The third kappa shape index (κ3) is 2.99. The summed E-state index contributed by atoms with van der Waals surface area (Å²) in [4.78, 5) is 2.54. The summed E-state index contributed by atoms with van der Waals surface area (Å²) in [5.74, 6) is 0. The Bertz CT molecular complexity index is 341. The van der Waals surface area contributed by atoms with Crippen LogP contribution in [0.3, 0.4) is 0 Å². The van der Waals surface area contributed by atoms with E-state index >= 15 is 0 Å². The van der Waals surface area contributed by atoms with Crippen molar-refractivity contribution in [2.24, 2.45) is 0 Å². The molecule has 1 N–H and O–H groups in total.